The number of likely N-dealkylation sites (N-methyl/N-ethyl adjacent to an activating group) is 1. The van der Waals surface area contributed by atoms with Crippen LogP contribution in [0.2, 0.25) is 0 Å². The first-order valence-electron chi connectivity index (χ1n) is 3.47. The molecule has 0 aromatic rings. The first-order chi connectivity index (χ1) is 4.70. The second kappa shape index (κ2) is 2.98. The van der Waals surface area contributed by atoms with Crippen LogP contribution in [0.5, 0.6) is 0 Å². The SMILES string of the molecule is CN1CC[N+](C(=N)N)CC1. The Kier molecular flexibility index (Phi) is 2.24. The summed E-state index contributed by atoms with van der Waals surface area (Å²) in [5.41, 5.74) is 5.30. The van der Waals surface area contributed by atoms with Crippen molar-refractivity contribution in [2.45, 2.75) is 0 Å². The van der Waals surface area contributed by atoms with Crippen LogP contribution < -0.4 is 10.6 Å². The van der Waals surface area contributed by atoms with E-state index in [4.69, 9.17) is 11.1 Å². The van der Waals surface area contributed by atoms with Gasteiger partial charge in [0.25, 0.3) is 0 Å². The highest BCUT2D eigenvalue weighted by molar-refractivity contribution is 5.77. The molecule has 57 valence electrons. The molecule has 0 bridgehead atoms. The minimum Gasteiger partial charge on any atom is -0.334 e. The lowest BCUT2D eigenvalue weighted by atomic mass is 10.3. The van der Waals surface area contributed by atoms with Gasteiger partial charge in [-0.2, -0.15) is 0 Å². The van der Waals surface area contributed by atoms with Gasteiger partial charge in [-0.15, -0.1) is 0 Å². The van der Waals surface area contributed by atoms with E-state index >= 15 is 0 Å². The summed E-state index contributed by atoms with van der Waals surface area (Å²) in [6.07, 6.45) is 0. The normalized spacial score (nSPS) is 22.9. The van der Waals surface area contributed by atoms with Gasteiger partial charge in [-0.3, -0.25) is 4.90 Å². The van der Waals surface area contributed by atoms with Crippen LogP contribution in [0.3, 0.4) is 0 Å². The topological polar surface area (TPSA) is 59.0 Å². The Bertz CT molecular complexity index is 126. The highest BCUT2D eigenvalue weighted by Gasteiger charge is 2.24. The molecule has 3 N–H and O–H groups in total. The van der Waals surface area contributed by atoms with E-state index in [0.29, 0.717) is 0 Å². The second-order valence-corrected chi connectivity index (χ2v) is 2.68. The van der Waals surface area contributed by atoms with Crippen molar-refractivity contribution in [2.24, 2.45) is 5.73 Å². The molecule has 4 nitrogen and oxygen atoms in total. The van der Waals surface area contributed by atoms with Crippen LogP contribution >= 0.6 is 0 Å². The van der Waals surface area contributed by atoms with Gasteiger partial charge in [-0.25, -0.2) is 5.41 Å². The van der Waals surface area contributed by atoms with E-state index in [1.165, 1.54) is 0 Å². The zero-order chi connectivity index (χ0) is 7.56. The molecule has 0 spiro atoms. The van der Waals surface area contributed by atoms with Crippen LogP contribution in [0.25, 0.3) is 0 Å². The monoisotopic (exact) mass is 142 g/mol. The third-order valence-electron chi connectivity index (χ3n) is 1.84. The summed E-state index contributed by atoms with van der Waals surface area (Å²) in [6.45, 7) is 3.82. The number of nitrogens with zero attached hydrogens (tertiary/aromatic N) is 2. The summed E-state index contributed by atoms with van der Waals surface area (Å²) in [5.74, 6) is 0.202. The minimum absolute atomic E-state index is 0.202. The quantitative estimate of drug-likeness (QED) is 0.258. The van der Waals surface area contributed by atoms with Gasteiger partial charge >= 0.3 is 5.96 Å². The molecule has 1 heterocycles. The summed E-state index contributed by atoms with van der Waals surface area (Å²) in [7, 11) is 2.08. The van der Waals surface area contributed by atoms with E-state index in [1.54, 1.807) is 0 Å². The standard InChI is InChI=1S/C6H14N4/c1-9-2-4-10(5-3-9)6(7)8/h2-5H2,1H3,(H3,7,8)/q+1. The van der Waals surface area contributed by atoms with Gasteiger partial charge in [0.15, 0.2) is 0 Å². The molecule has 4 heteroatoms. The Balaban J connectivity index is 2.33. The summed E-state index contributed by atoms with van der Waals surface area (Å²) < 4.78 is 0. The fourth-order valence-corrected chi connectivity index (χ4v) is 1.05. The average molecular weight is 142 g/mol. The van der Waals surface area contributed by atoms with Crippen LogP contribution in [-0.4, -0.2) is 44.1 Å². The van der Waals surface area contributed by atoms with Crippen molar-refractivity contribution < 1.29 is 0 Å². The Morgan fingerprint density at radius 2 is 2.00 bits per heavy atom. The van der Waals surface area contributed by atoms with Crippen LogP contribution in [0, 0.1) is 5.41 Å². The predicted octanol–water partition coefficient (Wildman–Crippen LogP) is -1.03. The zero-order valence-electron chi connectivity index (χ0n) is 6.30. The van der Waals surface area contributed by atoms with Crippen molar-refractivity contribution in [3.05, 3.63) is 0 Å². The lowest BCUT2D eigenvalue weighted by Crippen LogP contribution is -2.53. The third-order valence-corrected chi connectivity index (χ3v) is 1.84. The molecule has 0 aromatic carbocycles. The fourth-order valence-electron chi connectivity index (χ4n) is 1.05. The molecule has 0 atom stereocenters. The molecule has 0 unspecified atom stereocenters. The van der Waals surface area contributed by atoms with E-state index in [9.17, 15) is 0 Å². The zero-order valence-corrected chi connectivity index (χ0v) is 6.30. The van der Waals surface area contributed by atoms with Crippen molar-refractivity contribution in [2.75, 3.05) is 33.2 Å². The number of hydrogen-bond acceptors (Lipinski definition) is 2. The molecule has 10 heavy (non-hydrogen) atoms. The number of nitrogens with one attached hydrogen (secondary N) is 1. The first-order valence-corrected chi connectivity index (χ1v) is 3.47. The Labute approximate surface area is 61.1 Å². The van der Waals surface area contributed by atoms with Gasteiger partial charge in [0.1, 0.15) is 13.1 Å². The van der Waals surface area contributed by atoms with E-state index < -0.39 is 0 Å². The lowest BCUT2D eigenvalue weighted by Gasteiger charge is -2.22. The van der Waals surface area contributed by atoms with Crippen molar-refractivity contribution in [3.63, 3.8) is 0 Å². The molecular formula is C6H14N4+. The molecule has 1 saturated heterocycles. The molecule has 0 aliphatic carbocycles. The highest BCUT2D eigenvalue weighted by atomic mass is 15.3. The molecule has 0 aromatic heterocycles. The van der Waals surface area contributed by atoms with E-state index in [0.717, 1.165) is 26.2 Å². The van der Waals surface area contributed by atoms with Gasteiger partial charge in [-0.1, -0.05) is 4.90 Å². The summed E-state index contributed by atoms with van der Waals surface area (Å²) >= 11 is 0. The number of hydrogen-bond donors (Lipinski definition) is 2. The van der Waals surface area contributed by atoms with Gasteiger partial charge in [0, 0.05) is 0 Å². The number of nitrogens with two attached hydrogens (primary N) is 1. The number of piperazine rings is 1. The molecule has 1 radical (unpaired) electrons. The molecule has 1 rings (SSSR count). The average Bonchev–Trinajstić information content (AvgIpc) is 1.88. The maximum Gasteiger partial charge on any atom is 0.341 e. The van der Waals surface area contributed by atoms with Crippen molar-refractivity contribution in [1.29, 1.82) is 5.41 Å². The molecule has 0 saturated carbocycles. The third kappa shape index (κ3) is 1.68. The van der Waals surface area contributed by atoms with E-state index in [-0.39, 0.29) is 5.96 Å². The predicted molar refractivity (Wildman–Crippen MR) is 41.3 cm³/mol. The van der Waals surface area contributed by atoms with Crippen molar-refractivity contribution in [1.82, 2.24) is 9.80 Å². The van der Waals surface area contributed by atoms with Crippen molar-refractivity contribution >= 4 is 5.96 Å². The maximum atomic E-state index is 7.14. The highest BCUT2D eigenvalue weighted by Crippen LogP contribution is 1.93. The van der Waals surface area contributed by atoms with E-state index in [1.807, 2.05) is 4.90 Å². The number of guanidine groups is 1. The fraction of sp³-hybridized carbons (Fsp3) is 0.833. The first kappa shape index (κ1) is 7.50. The summed E-state index contributed by atoms with van der Waals surface area (Å²) in [5, 5.41) is 7.14. The smallest absolute Gasteiger partial charge is 0.334 e. The van der Waals surface area contributed by atoms with Gasteiger partial charge in [0.2, 0.25) is 0 Å². The Morgan fingerprint density at radius 1 is 1.50 bits per heavy atom. The van der Waals surface area contributed by atoms with Crippen LogP contribution in [0.15, 0.2) is 0 Å². The lowest BCUT2D eigenvalue weighted by molar-refractivity contribution is 0.261. The molecule has 1 aliphatic heterocycles. The Hall–Kier alpha value is -0.610. The van der Waals surface area contributed by atoms with E-state index in [2.05, 4.69) is 11.9 Å². The van der Waals surface area contributed by atoms with Gasteiger partial charge in [0.05, 0.1) is 13.1 Å². The second-order valence-electron chi connectivity index (χ2n) is 2.68. The number of rotatable bonds is 0. The Morgan fingerprint density at radius 3 is 2.40 bits per heavy atom. The van der Waals surface area contributed by atoms with Gasteiger partial charge < -0.3 is 5.73 Å². The van der Waals surface area contributed by atoms with Crippen LogP contribution in [-0.2, 0) is 0 Å². The van der Waals surface area contributed by atoms with Crippen LogP contribution in [0.1, 0.15) is 0 Å². The molecule has 1 aliphatic rings. The molecular weight excluding hydrogens is 128 g/mol. The van der Waals surface area contributed by atoms with Crippen molar-refractivity contribution in [3.8, 4) is 0 Å². The van der Waals surface area contributed by atoms with Gasteiger partial charge in [-0.05, 0) is 7.05 Å². The van der Waals surface area contributed by atoms with Crippen LogP contribution in [0.4, 0.5) is 0 Å². The summed E-state index contributed by atoms with van der Waals surface area (Å²) in [4.78, 5) is 4.12. The maximum absolute atomic E-state index is 7.14. The molecule has 1 fully saturated rings. The molecule has 0 amide bonds. The largest absolute Gasteiger partial charge is 0.341 e. The minimum atomic E-state index is 0.202. The summed E-state index contributed by atoms with van der Waals surface area (Å²) in [6, 6.07) is 0.